The SMILES string of the molecule is [N-]=[N+]=Nc1c(Cl)cccc1CC1(O)CCC(F)CC1. The van der Waals surface area contributed by atoms with Crippen molar-refractivity contribution in [3.8, 4) is 0 Å². The third-order valence-electron chi connectivity index (χ3n) is 3.58. The van der Waals surface area contributed by atoms with Gasteiger partial charge >= 0.3 is 0 Å². The lowest BCUT2D eigenvalue weighted by molar-refractivity contribution is -0.0142. The summed E-state index contributed by atoms with van der Waals surface area (Å²) in [7, 11) is 0. The van der Waals surface area contributed by atoms with Crippen LogP contribution in [0.15, 0.2) is 23.3 Å². The largest absolute Gasteiger partial charge is 0.390 e. The molecule has 19 heavy (non-hydrogen) atoms. The number of halogens is 2. The Morgan fingerprint density at radius 1 is 1.47 bits per heavy atom. The van der Waals surface area contributed by atoms with Gasteiger partial charge < -0.3 is 5.11 Å². The number of hydrogen-bond acceptors (Lipinski definition) is 2. The van der Waals surface area contributed by atoms with E-state index in [2.05, 4.69) is 10.0 Å². The lowest BCUT2D eigenvalue weighted by Crippen LogP contribution is -2.36. The van der Waals surface area contributed by atoms with Crippen molar-refractivity contribution in [1.82, 2.24) is 0 Å². The second kappa shape index (κ2) is 5.78. The highest BCUT2D eigenvalue weighted by Crippen LogP contribution is 2.37. The second-order valence-electron chi connectivity index (χ2n) is 5.01. The molecule has 6 heteroatoms. The summed E-state index contributed by atoms with van der Waals surface area (Å²) in [5, 5.41) is 14.4. The van der Waals surface area contributed by atoms with E-state index in [0.717, 1.165) is 0 Å². The zero-order valence-electron chi connectivity index (χ0n) is 10.4. The van der Waals surface area contributed by atoms with Gasteiger partial charge in [0.1, 0.15) is 6.17 Å². The van der Waals surface area contributed by atoms with Gasteiger partial charge in [-0.05, 0) is 42.8 Å². The lowest BCUT2D eigenvalue weighted by atomic mass is 9.79. The molecule has 0 unspecified atom stereocenters. The molecule has 1 saturated carbocycles. The molecule has 2 rings (SSSR count). The fraction of sp³-hybridized carbons (Fsp3) is 0.538. The van der Waals surface area contributed by atoms with Gasteiger partial charge in [-0.25, -0.2) is 4.39 Å². The van der Waals surface area contributed by atoms with E-state index in [0.29, 0.717) is 48.4 Å². The van der Waals surface area contributed by atoms with Crippen LogP contribution in [0.4, 0.5) is 10.1 Å². The Morgan fingerprint density at radius 2 is 2.16 bits per heavy atom. The molecule has 0 heterocycles. The minimum Gasteiger partial charge on any atom is -0.390 e. The topological polar surface area (TPSA) is 69.0 Å². The first-order valence-corrected chi connectivity index (χ1v) is 6.61. The van der Waals surface area contributed by atoms with E-state index >= 15 is 0 Å². The smallest absolute Gasteiger partial charge is 0.100 e. The fourth-order valence-corrected chi connectivity index (χ4v) is 2.74. The number of benzene rings is 1. The summed E-state index contributed by atoms with van der Waals surface area (Å²) in [5.41, 5.74) is 8.67. The molecule has 4 nitrogen and oxygen atoms in total. The zero-order valence-corrected chi connectivity index (χ0v) is 11.1. The first kappa shape index (κ1) is 14.1. The molecule has 1 aliphatic rings. The summed E-state index contributed by atoms with van der Waals surface area (Å²) in [6.07, 6.45) is 1.07. The summed E-state index contributed by atoms with van der Waals surface area (Å²) >= 11 is 5.99. The van der Waals surface area contributed by atoms with Crippen LogP contribution in [-0.4, -0.2) is 16.9 Å². The average Bonchev–Trinajstić information content (AvgIpc) is 2.38. The van der Waals surface area contributed by atoms with Gasteiger partial charge in [-0.15, -0.1) is 0 Å². The van der Waals surface area contributed by atoms with Crippen LogP contribution in [0.3, 0.4) is 0 Å². The zero-order chi connectivity index (χ0) is 13.9. The highest BCUT2D eigenvalue weighted by Gasteiger charge is 2.33. The maximum atomic E-state index is 13.1. The van der Waals surface area contributed by atoms with E-state index < -0.39 is 11.8 Å². The molecule has 0 amide bonds. The van der Waals surface area contributed by atoms with Crippen LogP contribution >= 0.6 is 11.6 Å². The Labute approximate surface area is 115 Å². The second-order valence-corrected chi connectivity index (χ2v) is 5.42. The summed E-state index contributed by atoms with van der Waals surface area (Å²) in [5.74, 6) is 0. The van der Waals surface area contributed by atoms with Crippen LogP contribution in [0.5, 0.6) is 0 Å². The molecule has 0 radical (unpaired) electrons. The molecule has 0 atom stereocenters. The van der Waals surface area contributed by atoms with Crippen molar-refractivity contribution in [2.75, 3.05) is 0 Å². The Kier molecular flexibility index (Phi) is 4.30. The number of nitrogens with zero attached hydrogens (tertiary/aromatic N) is 3. The van der Waals surface area contributed by atoms with Crippen LogP contribution in [-0.2, 0) is 6.42 Å². The van der Waals surface area contributed by atoms with Gasteiger partial charge in [0.05, 0.1) is 16.3 Å². The van der Waals surface area contributed by atoms with E-state index in [1.54, 1.807) is 18.2 Å². The van der Waals surface area contributed by atoms with Crippen LogP contribution < -0.4 is 0 Å². The Morgan fingerprint density at radius 3 is 2.79 bits per heavy atom. The van der Waals surface area contributed by atoms with Crippen LogP contribution in [0.2, 0.25) is 5.02 Å². The molecule has 1 aromatic carbocycles. The van der Waals surface area contributed by atoms with Gasteiger partial charge in [0.25, 0.3) is 0 Å². The molecular formula is C13H15ClFN3O. The van der Waals surface area contributed by atoms with E-state index in [-0.39, 0.29) is 0 Å². The normalized spacial score (nSPS) is 26.8. The van der Waals surface area contributed by atoms with Crippen molar-refractivity contribution in [1.29, 1.82) is 0 Å². The van der Waals surface area contributed by atoms with Crippen molar-refractivity contribution >= 4 is 17.3 Å². The standard InChI is InChI=1S/C13H15ClFN3O/c14-11-3-1-2-9(12(11)17-18-16)8-13(19)6-4-10(15)5-7-13/h1-3,10,19H,4-8H2. The molecule has 1 aromatic rings. The number of azide groups is 1. The Balaban J connectivity index is 2.23. The van der Waals surface area contributed by atoms with Gasteiger partial charge in [0, 0.05) is 11.3 Å². The Bertz CT molecular complexity index is 509. The van der Waals surface area contributed by atoms with E-state index in [1.165, 1.54) is 0 Å². The summed E-state index contributed by atoms with van der Waals surface area (Å²) < 4.78 is 13.1. The highest BCUT2D eigenvalue weighted by molar-refractivity contribution is 6.33. The molecule has 0 bridgehead atoms. The molecule has 0 saturated heterocycles. The maximum Gasteiger partial charge on any atom is 0.100 e. The van der Waals surface area contributed by atoms with Gasteiger partial charge in [-0.3, -0.25) is 0 Å². The van der Waals surface area contributed by atoms with Crippen molar-refractivity contribution < 1.29 is 9.50 Å². The molecule has 0 aromatic heterocycles. The number of hydrogen-bond donors (Lipinski definition) is 1. The minimum atomic E-state index is -0.938. The van der Waals surface area contributed by atoms with E-state index in [9.17, 15) is 9.50 Å². The summed E-state index contributed by atoms with van der Waals surface area (Å²) in [6.45, 7) is 0. The molecule has 1 fully saturated rings. The first-order chi connectivity index (χ1) is 9.04. The van der Waals surface area contributed by atoms with Gasteiger partial charge in [-0.2, -0.15) is 0 Å². The molecule has 0 spiro atoms. The third-order valence-corrected chi connectivity index (χ3v) is 3.89. The summed E-state index contributed by atoms with van der Waals surface area (Å²) in [4.78, 5) is 2.75. The predicted molar refractivity (Wildman–Crippen MR) is 72.3 cm³/mol. The Hall–Kier alpha value is -1.29. The van der Waals surface area contributed by atoms with Crippen molar-refractivity contribution in [3.63, 3.8) is 0 Å². The van der Waals surface area contributed by atoms with Crippen LogP contribution in [0.25, 0.3) is 10.4 Å². The monoisotopic (exact) mass is 283 g/mol. The molecule has 1 aliphatic carbocycles. The lowest BCUT2D eigenvalue weighted by Gasteiger charge is -2.34. The van der Waals surface area contributed by atoms with Crippen LogP contribution in [0.1, 0.15) is 31.2 Å². The van der Waals surface area contributed by atoms with E-state index in [4.69, 9.17) is 17.1 Å². The van der Waals surface area contributed by atoms with Crippen molar-refractivity contribution in [3.05, 3.63) is 39.2 Å². The maximum absolute atomic E-state index is 13.1. The first-order valence-electron chi connectivity index (χ1n) is 6.23. The molecular weight excluding hydrogens is 269 g/mol. The van der Waals surface area contributed by atoms with Gasteiger partial charge in [-0.1, -0.05) is 28.8 Å². The number of rotatable bonds is 3. The van der Waals surface area contributed by atoms with Gasteiger partial charge in [0.2, 0.25) is 0 Å². The summed E-state index contributed by atoms with van der Waals surface area (Å²) in [6, 6.07) is 5.16. The fourth-order valence-electron chi connectivity index (χ4n) is 2.51. The predicted octanol–water partition coefficient (Wildman–Crippen LogP) is 4.47. The van der Waals surface area contributed by atoms with Crippen molar-refractivity contribution in [2.45, 2.75) is 43.9 Å². The average molecular weight is 284 g/mol. The van der Waals surface area contributed by atoms with Crippen molar-refractivity contribution in [2.24, 2.45) is 5.11 Å². The minimum absolute atomic E-state index is 0.328. The molecule has 102 valence electrons. The molecule has 0 aliphatic heterocycles. The number of aliphatic hydroxyl groups is 1. The third kappa shape index (κ3) is 3.38. The van der Waals surface area contributed by atoms with Gasteiger partial charge in [0.15, 0.2) is 0 Å². The quantitative estimate of drug-likeness (QED) is 0.496. The molecule has 1 N–H and O–H groups in total. The van der Waals surface area contributed by atoms with Crippen LogP contribution in [0, 0.1) is 0 Å². The highest BCUT2D eigenvalue weighted by atomic mass is 35.5. The van der Waals surface area contributed by atoms with E-state index in [1.807, 2.05) is 0 Å². The number of alkyl halides is 1.